The third-order valence-electron chi connectivity index (χ3n) is 7.22. The number of benzene rings is 2. The molecule has 3 heterocycles. The second-order valence-corrected chi connectivity index (χ2v) is 10.8. The third kappa shape index (κ3) is 8.08. The zero-order valence-electron chi connectivity index (χ0n) is 25.1. The van der Waals surface area contributed by atoms with Gasteiger partial charge in [-0.1, -0.05) is 36.4 Å². The van der Waals surface area contributed by atoms with Gasteiger partial charge in [-0.25, -0.2) is 4.98 Å². The Bertz CT molecular complexity index is 1500. The Morgan fingerprint density at radius 2 is 1.91 bits per heavy atom. The summed E-state index contributed by atoms with van der Waals surface area (Å²) in [7, 11) is 5.62. The molecule has 1 unspecified atom stereocenters. The van der Waals surface area contributed by atoms with E-state index >= 15 is 0 Å². The smallest absolute Gasteiger partial charge is 0.246 e. The molecule has 1 fully saturated rings. The Morgan fingerprint density at radius 1 is 1.09 bits per heavy atom. The van der Waals surface area contributed by atoms with E-state index in [1.165, 1.54) is 0 Å². The molecular weight excluding hydrogens is 544 g/mol. The van der Waals surface area contributed by atoms with Crippen LogP contribution in [0.3, 0.4) is 0 Å². The highest BCUT2D eigenvalue weighted by Gasteiger charge is 2.26. The molecule has 0 spiro atoms. The molecule has 0 saturated carbocycles. The van der Waals surface area contributed by atoms with Gasteiger partial charge < -0.3 is 34.5 Å². The van der Waals surface area contributed by atoms with Gasteiger partial charge >= 0.3 is 0 Å². The van der Waals surface area contributed by atoms with Crippen LogP contribution in [0.4, 0.5) is 17.5 Å². The summed E-state index contributed by atoms with van der Waals surface area (Å²) in [4.78, 5) is 31.3. The first kappa shape index (κ1) is 30.0. The molecule has 0 bridgehead atoms. The fraction of sp³-hybridized carbons (Fsp3) is 0.375. The Labute approximate surface area is 252 Å². The molecule has 0 aliphatic carbocycles. The summed E-state index contributed by atoms with van der Waals surface area (Å²) >= 11 is 0. The molecule has 1 atom stereocenters. The van der Waals surface area contributed by atoms with Gasteiger partial charge in [0.25, 0.3) is 0 Å². The zero-order valence-corrected chi connectivity index (χ0v) is 25.1. The maximum atomic E-state index is 12.9. The number of likely N-dealkylation sites (N-methyl/N-ethyl adjacent to an activating group) is 1. The SMILES string of the molecule is COCCOc1ccc(Nc2nc(NCc3ccccc3)c3ncn(C4CCCN(C(=O)/C=C/CN(C)C)C4)c3n2)cc1. The van der Waals surface area contributed by atoms with Crippen LogP contribution in [-0.2, 0) is 16.1 Å². The van der Waals surface area contributed by atoms with Gasteiger partial charge in [-0.15, -0.1) is 0 Å². The molecule has 43 heavy (non-hydrogen) atoms. The number of imidazole rings is 1. The molecule has 4 aromatic rings. The number of nitrogens with one attached hydrogen (secondary N) is 2. The summed E-state index contributed by atoms with van der Waals surface area (Å²) in [6.07, 6.45) is 7.25. The predicted molar refractivity (Wildman–Crippen MR) is 169 cm³/mol. The van der Waals surface area contributed by atoms with Crippen molar-refractivity contribution in [2.75, 3.05) is 64.7 Å². The molecule has 1 saturated heterocycles. The highest BCUT2D eigenvalue weighted by molar-refractivity contribution is 5.88. The van der Waals surface area contributed by atoms with Gasteiger partial charge in [0.05, 0.1) is 19.0 Å². The van der Waals surface area contributed by atoms with E-state index in [1.54, 1.807) is 13.2 Å². The minimum atomic E-state index is 0.0350. The van der Waals surface area contributed by atoms with Crippen LogP contribution < -0.4 is 15.4 Å². The number of ether oxygens (including phenoxy) is 2. The first-order chi connectivity index (χ1) is 21.0. The van der Waals surface area contributed by atoms with E-state index in [0.717, 1.165) is 48.6 Å². The standard InChI is InChI=1S/C32H40N8O3/c1-38(2)17-8-12-28(41)39-18-7-11-26(22-39)40-23-34-29-30(33-21-24-9-5-4-6-10-24)36-32(37-31(29)40)35-25-13-15-27(16-14-25)43-20-19-42-3/h4-6,8-10,12-16,23,26H,7,11,17-22H2,1-3H3,(H2,33,35,36,37)/b12-8+. The number of fused-ring (bicyclic) bond motifs is 1. The number of piperidine rings is 1. The van der Waals surface area contributed by atoms with Crippen LogP contribution in [-0.4, -0.2) is 89.3 Å². The number of nitrogens with zero attached hydrogens (tertiary/aromatic N) is 6. The van der Waals surface area contributed by atoms with Crippen molar-refractivity contribution in [3.05, 3.63) is 78.6 Å². The highest BCUT2D eigenvalue weighted by Crippen LogP contribution is 2.29. The lowest BCUT2D eigenvalue weighted by Gasteiger charge is -2.33. The van der Waals surface area contributed by atoms with E-state index in [9.17, 15) is 4.79 Å². The lowest BCUT2D eigenvalue weighted by molar-refractivity contribution is -0.127. The largest absolute Gasteiger partial charge is 0.491 e. The zero-order chi connectivity index (χ0) is 30.0. The third-order valence-corrected chi connectivity index (χ3v) is 7.22. The van der Waals surface area contributed by atoms with Gasteiger partial charge in [-0.3, -0.25) is 4.79 Å². The van der Waals surface area contributed by atoms with Crippen LogP contribution in [0.1, 0.15) is 24.4 Å². The predicted octanol–water partition coefficient (Wildman–Crippen LogP) is 4.49. The summed E-state index contributed by atoms with van der Waals surface area (Å²) in [6, 6.07) is 17.9. The number of carbonyl (C=O) groups excluding carboxylic acids is 1. The molecule has 1 aliphatic heterocycles. The molecule has 11 heteroatoms. The minimum Gasteiger partial charge on any atom is -0.491 e. The fourth-order valence-corrected chi connectivity index (χ4v) is 5.00. The Hall–Kier alpha value is -4.48. The number of hydrogen-bond donors (Lipinski definition) is 2. The van der Waals surface area contributed by atoms with Crippen molar-refractivity contribution in [1.82, 2.24) is 29.3 Å². The summed E-state index contributed by atoms with van der Waals surface area (Å²) in [5, 5.41) is 6.81. The number of carbonyl (C=O) groups is 1. The van der Waals surface area contributed by atoms with Crippen molar-refractivity contribution in [3.8, 4) is 5.75 Å². The second-order valence-electron chi connectivity index (χ2n) is 10.8. The number of amides is 1. The molecule has 5 rings (SSSR count). The normalized spacial score (nSPS) is 15.3. The van der Waals surface area contributed by atoms with Gasteiger partial charge in [0.2, 0.25) is 11.9 Å². The van der Waals surface area contributed by atoms with E-state index < -0.39 is 0 Å². The number of rotatable bonds is 13. The lowest BCUT2D eigenvalue weighted by atomic mass is 10.1. The summed E-state index contributed by atoms with van der Waals surface area (Å²) in [5.41, 5.74) is 3.38. The van der Waals surface area contributed by atoms with Gasteiger partial charge in [-0.05, 0) is 56.8 Å². The molecule has 1 amide bonds. The average molecular weight is 585 g/mol. The average Bonchev–Trinajstić information content (AvgIpc) is 3.45. The number of methoxy groups -OCH3 is 1. The second kappa shape index (κ2) is 14.6. The first-order valence-electron chi connectivity index (χ1n) is 14.6. The molecular formula is C32H40N8O3. The Kier molecular flexibility index (Phi) is 10.2. The number of aromatic nitrogens is 4. The van der Waals surface area contributed by atoms with Crippen molar-refractivity contribution < 1.29 is 14.3 Å². The number of likely N-dealkylation sites (tertiary alicyclic amines) is 1. The first-order valence-corrected chi connectivity index (χ1v) is 14.6. The number of anilines is 3. The molecule has 11 nitrogen and oxygen atoms in total. The van der Waals surface area contributed by atoms with E-state index in [4.69, 9.17) is 24.4 Å². The van der Waals surface area contributed by atoms with Crippen molar-refractivity contribution >= 4 is 34.5 Å². The molecule has 226 valence electrons. The van der Waals surface area contributed by atoms with Crippen molar-refractivity contribution in [2.45, 2.75) is 25.4 Å². The van der Waals surface area contributed by atoms with Crippen LogP contribution >= 0.6 is 0 Å². The molecule has 2 aromatic carbocycles. The fourth-order valence-electron chi connectivity index (χ4n) is 5.00. The van der Waals surface area contributed by atoms with Crippen LogP contribution in [0.2, 0.25) is 0 Å². The summed E-state index contributed by atoms with van der Waals surface area (Å²) in [5.74, 6) is 1.89. The Balaban J connectivity index is 1.40. The van der Waals surface area contributed by atoms with Crippen molar-refractivity contribution in [2.24, 2.45) is 0 Å². The molecule has 1 aliphatic rings. The Morgan fingerprint density at radius 3 is 2.67 bits per heavy atom. The number of hydrogen-bond acceptors (Lipinski definition) is 9. The lowest BCUT2D eigenvalue weighted by Crippen LogP contribution is -2.39. The van der Waals surface area contributed by atoms with E-state index in [0.29, 0.717) is 43.6 Å². The quantitative estimate of drug-likeness (QED) is 0.174. The maximum absolute atomic E-state index is 12.9. The molecule has 2 aromatic heterocycles. The van der Waals surface area contributed by atoms with E-state index in [-0.39, 0.29) is 11.9 Å². The van der Waals surface area contributed by atoms with Gasteiger partial charge in [0.15, 0.2) is 17.0 Å². The van der Waals surface area contributed by atoms with Crippen molar-refractivity contribution in [1.29, 1.82) is 0 Å². The van der Waals surface area contributed by atoms with Gasteiger partial charge in [0.1, 0.15) is 12.4 Å². The maximum Gasteiger partial charge on any atom is 0.246 e. The van der Waals surface area contributed by atoms with Gasteiger partial charge in [-0.2, -0.15) is 9.97 Å². The van der Waals surface area contributed by atoms with Gasteiger partial charge in [0, 0.05) is 45.1 Å². The topological polar surface area (TPSA) is 110 Å². The minimum absolute atomic E-state index is 0.0350. The summed E-state index contributed by atoms with van der Waals surface area (Å²) < 4.78 is 12.8. The van der Waals surface area contributed by atoms with Crippen LogP contribution in [0.5, 0.6) is 5.75 Å². The van der Waals surface area contributed by atoms with E-state index in [1.807, 2.05) is 78.8 Å². The van der Waals surface area contributed by atoms with Crippen LogP contribution in [0.25, 0.3) is 11.2 Å². The van der Waals surface area contributed by atoms with E-state index in [2.05, 4.69) is 27.3 Å². The van der Waals surface area contributed by atoms with Crippen LogP contribution in [0.15, 0.2) is 73.1 Å². The molecule has 2 N–H and O–H groups in total. The summed E-state index contributed by atoms with van der Waals surface area (Å²) in [6.45, 7) is 3.67. The highest BCUT2D eigenvalue weighted by atomic mass is 16.5. The van der Waals surface area contributed by atoms with Crippen molar-refractivity contribution in [3.63, 3.8) is 0 Å². The monoisotopic (exact) mass is 584 g/mol. The van der Waals surface area contributed by atoms with Crippen LogP contribution in [0, 0.1) is 0 Å². The molecule has 0 radical (unpaired) electrons.